The van der Waals surface area contributed by atoms with E-state index in [2.05, 4.69) is 21.2 Å². The van der Waals surface area contributed by atoms with E-state index in [9.17, 15) is 13.2 Å². The van der Waals surface area contributed by atoms with Crippen molar-refractivity contribution in [3.8, 4) is 11.5 Å². The molecule has 0 unspecified atom stereocenters. The van der Waals surface area contributed by atoms with E-state index in [4.69, 9.17) is 9.47 Å². The zero-order valence-corrected chi connectivity index (χ0v) is 20.2. The molecule has 0 aliphatic carbocycles. The standard InChI is InChI=1S/C23H23BrN2O5S/c1-16-13-17(9-11-20(16)24)25-23(27)15-26(32(28,29)19-7-5-4-6-8-19)21-14-18(30-2)10-12-22(21)31-3/h4-14H,15H2,1-3H3,(H,25,27). The number of sulfonamides is 1. The minimum atomic E-state index is -4.08. The molecule has 0 atom stereocenters. The fourth-order valence-electron chi connectivity index (χ4n) is 3.06. The highest BCUT2D eigenvalue weighted by Gasteiger charge is 2.30. The number of aryl methyl sites for hydroxylation is 1. The van der Waals surface area contributed by atoms with Gasteiger partial charge >= 0.3 is 0 Å². The number of carbonyl (C=O) groups excluding carboxylic acids is 1. The maximum Gasteiger partial charge on any atom is 0.264 e. The van der Waals surface area contributed by atoms with Gasteiger partial charge in [-0.05, 0) is 55.0 Å². The number of rotatable bonds is 8. The molecule has 32 heavy (non-hydrogen) atoms. The SMILES string of the molecule is COc1ccc(OC)c(N(CC(=O)Nc2ccc(Br)c(C)c2)S(=O)(=O)c2ccccc2)c1. The Balaban J connectivity index is 2.03. The molecule has 1 amide bonds. The molecule has 0 saturated carbocycles. The van der Waals surface area contributed by atoms with Crippen LogP contribution in [-0.4, -0.2) is 35.1 Å². The Bertz CT molecular complexity index is 1220. The van der Waals surface area contributed by atoms with Crippen LogP contribution in [0.25, 0.3) is 0 Å². The quantitative estimate of drug-likeness (QED) is 0.470. The third-order valence-electron chi connectivity index (χ3n) is 4.71. The minimum absolute atomic E-state index is 0.0529. The average Bonchev–Trinajstić information content (AvgIpc) is 2.80. The van der Waals surface area contributed by atoms with Crippen molar-refractivity contribution < 1.29 is 22.7 Å². The van der Waals surface area contributed by atoms with E-state index < -0.39 is 22.5 Å². The predicted molar refractivity (Wildman–Crippen MR) is 128 cm³/mol. The van der Waals surface area contributed by atoms with Crippen LogP contribution in [0.5, 0.6) is 11.5 Å². The lowest BCUT2D eigenvalue weighted by atomic mass is 10.2. The summed E-state index contributed by atoms with van der Waals surface area (Å²) >= 11 is 3.42. The zero-order chi connectivity index (χ0) is 23.3. The number of benzene rings is 3. The Labute approximate surface area is 196 Å². The fraction of sp³-hybridized carbons (Fsp3) is 0.174. The Morgan fingerprint density at radius 3 is 2.34 bits per heavy atom. The van der Waals surface area contributed by atoms with Gasteiger partial charge in [0.1, 0.15) is 18.0 Å². The summed E-state index contributed by atoms with van der Waals surface area (Å²) in [5.74, 6) is 0.215. The minimum Gasteiger partial charge on any atom is -0.497 e. The number of carbonyl (C=O) groups is 1. The van der Waals surface area contributed by atoms with Crippen molar-refractivity contribution in [2.75, 3.05) is 30.4 Å². The third-order valence-corrected chi connectivity index (χ3v) is 7.38. The van der Waals surface area contributed by atoms with Gasteiger partial charge in [-0.15, -0.1) is 0 Å². The molecule has 0 saturated heterocycles. The summed E-state index contributed by atoms with van der Waals surface area (Å²) in [5, 5.41) is 2.76. The van der Waals surface area contributed by atoms with E-state index in [-0.39, 0.29) is 16.3 Å². The van der Waals surface area contributed by atoms with Crippen molar-refractivity contribution in [3.63, 3.8) is 0 Å². The first-order valence-corrected chi connectivity index (χ1v) is 11.9. The Hall–Kier alpha value is -3.04. The molecule has 0 spiro atoms. The molecule has 3 aromatic rings. The van der Waals surface area contributed by atoms with Gasteiger partial charge in [-0.25, -0.2) is 8.42 Å². The fourth-order valence-corrected chi connectivity index (χ4v) is 4.76. The van der Waals surface area contributed by atoms with Gasteiger partial charge in [0.05, 0.1) is 24.8 Å². The summed E-state index contributed by atoms with van der Waals surface area (Å²) < 4.78 is 39.6. The highest BCUT2D eigenvalue weighted by molar-refractivity contribution is 9.10. The molecule has 3 aromatic carbocycles. The van der Waals surface area contributed by atoms with Gasteiger partial charge in [0.15, 0.2) is 0 Å². The molecule has 1 N–H and O–H groups in total. The van der Waals surface area contributed by atoms with Crippen molar-refractivity contribution >= 4 is 43.2 Å². The lowest BCUT2D eigenvalue weighted by Gasteiger charge is -2.26. The van der Waals surface area contributed by atoms with Crippen LogP contribution in [0, 0.1) is 6.92 Å². The first-order valence-electron chi connectivity index (χ1n) is 9.62. The summed E-state index contributed by atoms with van der Waals surface area (Å²) in [6.07, 6.45) is 0. The van der Waals surface area contributed by atoms with E-state index in [1.165, 1.54) is 32.4 Å². The van der Waals surface area contributed by atoms with Crippen LogP contribution >= 0.6 is 15.9 Å². The molecule has 0 fully saturated rings. The highest BCUT2D eigenvalue weighted by Crippen LogP contribution is 2.35. The lowest BCUT2D eigenvalue weighted by Crippen LogP contribution is -2.38. The van der Waals surface area contributed by atoms with Crippen molar-refractivity contribution in [1.29, 1.82) is 0 Å². The Morgan fingerprint density at radius 1 is 1.00 bits per heavy atom. The number of hydrogen-bond acceptors (Lipinski definition) is 5. The first kappa shape index (κ1) is 23.6. The van der Waals surface area contributed by atoms with Gasteiger partial charge in [0.25, 0.3) is 10.0 Å². The van der Waals surface area contributed by atoms with Crippen LogP contribution in [0.1, 0.15) is 5.56 Å². The maximum atomic E-state index is 13.5. The molecule has 0 heterocycles. The molecule has 0 aliphatic rings. The van der Waals surface area contributed by atoms with E-state index in [1.54, 1.807) is 42.5 Å². The summed E-state index contributed by atoms with van der Waals surface area (Å²) in [5.41, 5.74) is 1.69. The van der Waals surface area contributed by atoms with E-state index in [1.807, 2.05) is 13.0 Å². The molecule has 0 radical (unpaired) electrons. The molecule has 3 rings (SSSR count). The summed E-state index contributed by atoms with van der Waals surface area (Å²) in [7, 11) is -1.17. The summed E-state index contributed by atoms with van der Waals surface area (Å²) in [4.78, 5) is 13.0. The van der Waals surface area contributed by atoms with Crippen molar-refractivity contribution in [2.24, 2.45) is 0 Å². The van der Waals surface area contributed by atoms with Crippen LogP contribution in [0.2, 0.25) is 0 Å². The molecule has 9 heteroatoms. The zero-order valence-electron chi connectivity index (χ0n) is 17.8. The van der Waals surface area contributed by atoms with Gasteiger partial charge in [0.2, 0.25) is 5.91 Å². The number of anilines is 2. The van der Waals surface area contributed by atoms with E-state index in [0.717, 1.165) is 14.3 Å². The average molecular weight is 519 g/mol. The second-order valence-corrected chi connectivity index (χ2v) is 9.59. The molecule has 0 bridgehead atoms. The maximum absolute atomic E-state index is 13.5. The Kier molecular flexibility index (Phi) is 7.42. The molecular weight excluding hydrogens is 496 g/mol. The van der Waals surface area contributed by atoms with Crippen molar-refractivity contribution in [3.05, 3.63) is 76.8 Å². The van der Waals surface area contributed by atoms with E-state index >= 15 is 0 Å². The van der Waals surface area contributed by atoms with E-state index in [0.29, 0.717) is 11.4 Å². The Morgan fingerprint density at radius 2 is 1.72 bits per heavy atom. The smallest absolute Gasteiger partial charge is 0.264 e. The van der Waals surface area contributed by atoms with Gasteiger partial charge < -0.3 is 14.8 Å². The molecule has 0 aliphatic heterocycles. The van der Waals surface area contributed by atoms with Crippen LogP contribution in [0.15, 0.2) is 76.1 Å². The van der Waals surface area contributed by atoms with Gasteiger partial charge in [0, 0.05) is 16.2 Å². The molecule has 0 aromatic heterocycles. The van der Waals surface area contributed by atoms with Gasteiger partial charge in [-0.2, -0.15) is 0 Å². The van der Waals surface area contributed by atoms with Gasteiger partial charge in [-0.3, -0.25) is 9.10 Å². The first-order chi connectivity index (χ1) is 15.3. The summed E-state index contributed by atoms with van der Waals surface area (Å²) in [6.45, 7) is 1.43. The second kappa shape index (κ2) is 10.1. The molecular formula is C23H23BrN2O5S. The lowest BCUT2D eigenvalue weighted by molar-refractivity contribution is -0.114. The van der Waals surface area contributed by atoms with Crippen molar-refractivity contribution in [2.45, 2.75) is 11.8 Å². The summed E-state index contributed by atoms with van der Waals surface area (Å²) in [6, 6.07) is 18.0. The number of nitrogens with zero attached hydrogens (tertiary/aromatic N) is 1. The number of amides is 1. The van der Waals surface area contributed by atoms with Crippen LogP contribution in [0.4, 0.5) is 11.4 Å². The molecule has 168 valence electrons. The van der Waals surface area contributed by atoms with Crippen LogP contribution < -0.4 is 19.1 Å². The molecule has 7 nitrogen and oxygen atoms in total. The number of hydrogen-bond donors (Lipinski definition) is 1. The van der Waals surface area contributed by atoms with Crippen LogP contribution in [-0.2, 0) is 14.8 Å². The topological polar surface area (TPSA) is 84.9 Å². The normalized spacial score (nSPS) is 11.0. The second-order valence-electron chi connectivity index (χ2n) is 6.87. The third kappa shape index (κ3) is 5.23. The largest absolute Gasteiger partial charge is 0.497 e. The number of ether oxygens (including phenoxy) is 2. The number of nitrogens with one attached hydrogen (secondary N) is 1. The van der Waals surface area contributed by atoms with Gasteiger partial charge in [-0.1, -0.05) is 34.1 Å². The highest BCUT2D eigenvalue weighted by atomic mass is 79.9. The van der Waals surface area contributed by atoms with Crippen LogP contribution in [0.3, 0.4) is 0 Å². The predicted octanol–water partition coefficient (Wildman–Crippen LogP) is 4.61. The monoisotopic (exact) mass is 518 g/mol. The van der Waals surface area contributed by atoms with Crippen molar-refractivity contribution in [1.82, 2.24) is 0 Å². The number of halogens is 1. The number of methoxy groups -OCH3 is 2.